The van der Waals surface area contributed by atoms with Crippen molar-refractivity contribution in [1.29, 1.82) is 0 Å². The Morgan fingerprint density at radius 3 is 2.41 bits per heavy atom. The molecule has 41 heavy (non-hydrogen) atoms. The third-order valence-corrected chi connectivity index (χ3v) is 9.07. The first-order valence-electron chi connectivity index (χ1n) is 11.8. The molecule has 0 unspecified atom stereocenters. The second-order valence-electron chi connectivity index (χ2n) is 9.38. The van der Waals surface area contributed by atoms with E-state index in [1.807, 2.05) is 0 Å². The Bertz CT molecular complexity index is 1540. The molecule has 1 N–H and O–H groups in total. The lowest BCUT2D eigenvalue weighted by molar-refractivity contribution is -0.139. The highest BCUT2D eigenvalue weighted by Gasteiger charge is 2.45. The summed E-state index contributed by atoms with van der Waals surface area (Å²) in [5.41, 5.74) is -4.22. The van der Waals surface area contributed by atoms with E-state index >= 15 is 4.39 Å². The lowest BCUT2D eigenvalue weighted by Gasteiger charge is -2.29. The van der Waals surface area contributed by atoms with Gasteiger partial charge >= 0.3 is 12.1 Å². The van der Waals surface area contributed by atoms with Gasteiger partial charge in [0.1, 0.15) is 18.2 Å². The smallest absolute Gasteiger partial charge is 0.420 e. The van der Waals surface area contributed by atoms with Crippen LogP contribution >= 0.6 is 11.3 Å². The molecule has 0 spiro atoms. The Morgan fingerprint density at radius 2 is 1.83 bits per heavy atom. The van der Waals surface area contributed by atoms with Crippen molar-refractivity contribution in [2.45, 2.75) is 48.9 Å². The molecule has 0 aliphatic carbocycles. The zero-order valence-electron chi connectivity index (χ0n) is 21.0. The van der Waals surface area contributed by atoms with Gasteiger partial charge < -0.3 is 14.7 Å². The number of fused-ring (bicyclic) bond motifs is 1. The molecule has 3 aromatic rings. The molecule has 0 saturated heterocycles. The van der Waals surface area contributed by atoms with E-state index in [0.29, 0.717) is 19.1 Å². The van der Waals surface area contributed by atoms with E-state index in [1.165, 1.54) is 0 Å². The molecule has 0 amide bonds. The van der Waals surface area contributed by atoms with Gasteiger partial charge in [-0.3, -0.25) is 0 Å². The first-order chi connectivity index (χ1) is 19.0. The molecule has 0 fully saturated rings. The summed E-state index contributed by atoms with van der Waals surface area (Å²) in [6.07, 6.45) is -6.66. The standard InChI is InChI=1S/C25H21F7N2O5S2/c1-24(28,29)7-6-13-10-34(15-4-2-14(26)3-5-15)17-8-16(25(30,31)32)18(9-20(17)41(37,38)22(13)27)39-11-19-21(23(35)36)33-12-40-19/h2-5,8-9,12-13,22H,6-7,10-11H2,1H3,(H,35,36)/t13-,22+/m1/s1. The van der Waals surface area contributed by atoms with Gasteiger partial charge in [-0.1, -0.05) is 0 Å². The number of aromatic nitrogens is 1. The maximum atomic E-state index is 15.7. The number of carboxylic acids is 1. The number of thiazole rings is 1. The number of aromatic carboxylic acids is 1. The molecular weight excluding hydrogens is 605 g/mol. The summed E-state index contributed by atoms with van der Waals surface area (Å²) in [6.45, 7) is -0.783. The fraction of sp³-hybridized carbons (Fsp3) is 0.360. The third-order valence-electron chi connectivity index (χ3n) is 6.34. The van der Waals surface area contributed by atoms with E-state index in [4.69, 9.17) is 4.74 Å². The number of anilines is 2. The monoisotopic (exact) mass is 626 g/mol. The Hall–Kier alpha value is -3.40. The van der Waals surface area contributed by atoms with Crippen LogP contribution in [0.15, 0.2) is 46.8 Å². The van der Waals surface area contributed by atoms with E-state index in [0.717, 1.165) is 46.0 Å². The molecule has 7 nitrogen and oxygen atoms in total. The van der Waals surface area contributed by atoms with E-state index < -0.39 is 98.7 Å². The normalized spacial score (nSPS) is 19.0. The Balaban J connectivity index is 1.89. The van der Waals surface area contributed by atoms with Crippen LogP contribution in [-0.4, -0.2) is 42.4 Å². The zero-order chi connectivity index (χ0) is 30.3. The van der Waals surface area contributed by atoms with Crippen molar-refractivity contribution in [2.24, 2.45) is 5.92 Å². The molecule has 0 saturated carbocycles. The first kappa shape index (κ1) is 30.6. The van der Waals surface area contributed by atoms with Crippen molar-refractivity contribution in [1.82, 2.24) is 4.98 Å². The van der Waals surface area contributed by atoms with Crippen molar-refractivity contribution in [3.8, 4) is 5.75 Å². The van der Waals surface area contributed by atoms with Gasteiger partial charge in [0.25, 0.3) is 0 Å². The topological polar surface area (TPSA) is 96.8 Å². The molecule has 16 heteroatoms. The van der Waals surface area contributed by atoms with Crippen LogP contribution in [0.5, 0.6) is 5.75 Å². The minimum absolute atomic E-state index is 0.0113. The molecule has 1 aliphatic heterocycles. The van der Waals surface area contributed by atoms with Crippen LogP contribution in [0.25, 0.3) is 0 Å². The fourth-order valence-corrected chi connectivity index (χ4v) is 6.70. The summed E-state index contributed by atoms with van der Waals surface area (Å²) in [4.78, 5) is 14.9. The van der Waals surface area contributed by atoms with Crippen LogP contribution in [0, 0.1) is 11.7 Å². The number of alkyl halides is 6. The average molecular weight is 627 g/mol. The van der Waals surface area contributed by atoms with E-state index in [2.05, 4.69) is 4.98 Å². The number of hydrogen-bond acceptors (Lipinski definition) is 7. The second kappa shape index (κ2) is 11.1. The van der Waals surface area contributed by atoms with Crippen molar-refractivity contribution < 1.29 is 53.8 Å². The number of ether oxygens (including phenoxy) is 1. The van der Waals surface area contributed by atoms with Crippen LogP contribution in [0.3, 0.4) is 0 Å². The van der Waals surface area contributed by atoms with Gasteiger partial charge in [0, 0.05) is 30.6 Å². The molecule has 222 valence electrons. The van der Waals surface area contributed by atoms with Gasteiger partial charge in [-0.2, -0.15) is 13.2 Å². The van der Waals surface area contributed by atoms with Gasteiger partial charge in [0.05, 0.1) is 26.5 Å². The molecule has 2 heterocycles. The average Bonchev–Trinajstić information content (AvgIpc) is 3.33. The highest BCUT2D eigenvalue weighted by molar-refractivity contribution is 7.92. The Morgan fingerprint density at radius 1 is 1.17 bits per heavy atom. The van der Waals surface area contributed by atoms with Crippen LogP contribution in [-0.2, 0) is 22.6 Å². The molecule has 4 rings (SSSR count). The van der Waals surface area contributed by atoms with Crippen molar-refractivity contribution in [3.63, 3.8) is 0 Å². The van der Waals surface area contributed by atoms with Gasteiger partial charge in [0.2, 0.25) is 21.3 Å². The number of hydrogen-bond donors (Lipinski definition) is 1. The highest BCUT2D eigenvalue weighted by atomic mass is 32.2. The Labute approximate surface area is 233 Å². The minimum atomic E-state index is -5.13. The van der Waals surface area contributed by atoms with Crippen molar-refractivity contribution >= 4 is 38.5 Å². The minimum Gasteiger partial charge on any atom is -0.487 e. The number of benzene rings is 2. The molecule has 2 aromatic carbocycles. The summed E-state index contributed by atoms with van der Waals surface area (Å²) < 4.78 is 131. The maximum absolute atomic E-state index is 15.7. The number of carboxylic acid groups (broad SMARTS) is 1. The lowest BCUT2D eigenvalue weighted by atomic mass is 10.00. The van der Waals surface area contributed by atoms with Gasteiger partial charge in [-0.25, -0.2) is 35.8 Å². The summed E-state index contributed by atoms with van der Waals surface area (Å²) in [6, 6.07) is 5.08. The van der Waals surface area contributed by atoms with E-state index in [-0.39, 0.29) is 10.6 Å². The second-order valence-corrected chi connectivity index (χ2v) is 12.3. The summed E-state index contributed by atoms with van der Waals surface area (Å²) in [7, 11) is -5.08. The van der Waals surface area contributed by atoms with Gasteiger partial charge in [-0.15, -0.1) is 11.3 Å². The number of carbonyl (C=O) groups is 1. The van der Waals surface area contributed by atoms with Crippen LogP contribution in [0.2, 0.25) is 0 Å². The molecular formula is C25H21F7N2O5S2. The molecule has 1 aromatic heterocycles. The van der Waals surface area contributed by atoms with Crippen LogP contribution in [0.4, 0.5) is 42.1 Å². The van der Waals surface area contributed by atoms with E-state index in [1.54, 1.807) is 0 Å². The molecule has 0 radical (unpaired) electrons. The zero-order valence-corrected chi connectivity index (χ0v) is 22.6. The Kier molecular flexibility index (Phi) is 8.28. The SMILES string of the molecule is CC(F)(F)CC[C@@H]1CN(c2ccc(F)cc2)c2cc(C(F)(F)F)c(OCc3scnc3C(=O)O)cc2S(=O)(=O)[C@@H]1F. The maximum Gasteiger partial charge on any atom is 0.420 e. The largest absolute Gasteiger partial charge is 0.487 e. The van der Waals surface area contributed by atoms with Gasteiger partial charge in [-0.05, 0) is 43.7 Å². The first-order valence-corrected chi connectivity index (χ1v) is 14.2. The third kappa shape index (κ3) is 6.58. The number of halogens is 7. The predicted octanol–water partition coefficient (Wildman–Crippen LogP) is 6.85. The quantitative estimate of drug-likeness (QED) is 0.273. The number of nitrogens with zero attached hydrogens (tertiary/aromatic N) is 2. The number of sulfone groups is 1. The van der Waals surface area contributed by atoms with Crippen LogP contribution in [0.1, 0.15) is 40.7 Å². The lowest BCUT2D eigenvalue weighted by Crippen LogP contribution is -2.32. The predicted molar refractivity (Wildman–Crippen MR) is 134 cm³/mol. The number of rotatable bonds is 8. The van der Waals surface area contributed by atoms with Gasteiger partial charge in [0.15, 0.2) is 5.69 Å². The highest BCUT2D eigenvalue weighted by Crippen LogP contribution is 2.47. The van der Waals surface area contributed by atoms with Crippen molar-refractivity contribution in [2.75, 3.05) is 11.4 Å². The molecule has 2 atom stereocenters. The summed E-state index contributed by atoms with van der Waals surface area (Å²) in [5.74, 6) is -8.10. The molecule has 1 aliphatic rings. The van der Waals surface area contributed by atoms with Crippen LogP contribution < -0.4 is 9.64 Å². The fourth-order valence-electron chi connectivity index (χ4n) is 4.34. The summed E-state index contributed by atoms with van der Waals surface area (Å²) in [5, 5.41) is 9.21. The summed E-state index contributed by atoms with van der Waals surface area (Å²) >= 11 is 0.773. The van der Waals surface area contributed by atoms with E-state index in [9.17, 15) is 44.7 Å². The van der Waals surface area contributed by atoms with Crippen molar-refractivity contribution in [3.05, 3.63) is 63.9 Å². The molecule has 0 bridgehead atoms.